The molecule has 0 spiro atoms. The van der Waals surface area contributed by atoms with Crippen LogP contribution in [0.25, 0.3) is 91.9 Å². The monoisotopic (exact) mass is 758 g/mol. The van der Waals surface area contributed by atoms with Crippen LogP contribution in [0.15, 0.2) is 211 Å². The van der Waals surface area contributed by atoms with Gasteiger partial charge in [0.15, 0.2) is 0 Å². The minimum atomic E-state index is 0.867. The van der Waals surface area contributed by atoms with E-state index in [0.29, 0.717) is 0 Å². The highest BCUT2D eigenvalue weighted by atomic mass is 32.1. The molecule has 9 aromatic carbocycles. The van der Waals surface area contributed by atoms with Crippen molar-refractivity contribution in [2.75, 3.05) is 4.90 Å². The van der Waals surface area contributed by atoms with Gasteiger partial charge in [0, 0.05) is 70.4 Å². The van der Waals surface area contributed by atoms with Crippen LogP contribution >= 0.6 is 11.3 Å². The number of benzene rings is 9. The van der Waals surface area contributed by atoms with E-state index in [2.05, 4.69) is 204 Å². The highest BCUT2D eigenvalue weighted by molar-refractivity contribution is 7.26. The molecule has 0 aliphatic heterocycles. The topological polar surface area (TPSA) is 21.3 Å². The van der Waals surface area contributed by atoms with Crippen LogP contribution in [-0.4, -0.2) is 4.57 Å². The maximum atomic E-state index is 6.52. The molecule has 3 nitrogen and oxygen atoms in total. The summed E-state index contributed by atoms with van der Waals surface area (Å²) in [5, 5.41) is 7.15. The fourth-order valence-corrected chi connectivity index (χ4v) is 10.1. The smallest absolute Gasteiger partial charge is 0.137 e. The number of hydrogen-bond donors (Lipinski definition) is 0. The van der Waals surface area contributed by atoms with Crippen LogP contribution in [0, 0.1) is 0 Å². The average Bonchev–Trinajstić information content (AvgIpc) is 3.96. The van der Waals surface area contributed by atoms with Gasteiger partial charge in [-0.2, -0.15) is 0 Å². The normalized spacial score (nSPS) is 11.8. The number of furan rings is 1. The van der Waals surface area contributed by atoms with Crippen LogP contribution in [-0.2, 0) is 0 Å². The molecule has 0 unspecified atom stereocenters. The molecule has 0 amide bonds. The zero-order valence-electron chi connectivity index (χ0n) is 31.3. The second kappa shape index (κ2) is 13.1. The van der Waals surface area contributed by atoms with Gasteiger partial charge < -0.3 is 13.9 Å². The first-order valence-electron chi connectivity index (χ1n) is 19.7. The Morgan fingerprint density at radius 1 is 0.414 bits per heavy atom. The first kappa shape index (κ1) is 32.8. The number of hydrogen-bond acceptors (Lipinski definition) is 3. The van der Waals surface area contributed by atoms with Crippen molar-refractivity contribution in [1.29, 1.82) is 0 Å². The molecule has 12 aromatic rings. The quantitative estimate of drug-likeness (QED) is 0.168. The highest BCUT2D eigenvalue weighted by Crippen LogP contribution is 2.48. The van der Waals surface area contributed by atoms with E-state index in [0.717, 1.165) is 50.2 Å². The van der Waals surface area contributed by atoms with E-state index in [1.54, 1.807) is 0 Å². The van der Waals surface area contributed by atoms with E-state index in [-0.39, 0.29) is 0 Å². The summed E-state index contributed by atoms with van der Waals surface area (Å²) in [6.45, 7) is 0. The van der Waals surface area contributed by atoms with Crippen LogP contribution in [0.5, 0.6) is 0 Å². The Morgan fingerprint density at radius 2 is 1.05 bits per heavy atom. The third-order valence-electron chi connectivity index (χ3n) is 11.6. The molecule has 0 saturated heterocycles. The first-order valence-corrected chi connectivity index (χ1v) is 20.5. The summed E-state index contributed by atoms with van der Waals surface area (Å²) >= 11 is 1.84. The van der Waals surface area contributed by atoms with E-state index in [9.17, 15) is 0 Å². The Hall–Kier alpha value is -7.40. The van der Waals surface area contributed by atoms with E-state index < -0.39 is 0 Å². The number of thiophene rings is 1. The van der Waals surface area contributed by atoms with Gasteiger partial charge in [0.2, 0.25) is 0 Å². The maximum Gasteiger partial charge on any atom is 0.137 e. The molecule has 0 bridgehead atoms. The zero-order chi connectivity index (χ0) is 38.2. The predicted octanol–water partition coefficient (Wildman–Crippen LogP) is 15.9. The van der Waals surface area contributed by atoms with Crippen molar-refractivity contribution < 1.29 is 4.42 Å². The number of rotatable bonds is 6. The minimum Gasteiger partial charge on any atom is -0.456 e. The molecule has 3 aromatic heterocycles. The molecule has 0 fully saturated rings. The van der Waals surface area contributed by atoms with Gasteiger partial charge in [0.1, 0.15) is 11.2 Å². The standard InChI is InChI=1S/C54H34N2OS/c1-4-15-35(16-5-1)37-31-45(36-17-6-2-7-18-36)54-46(32-37)41-29-27-39(33-48(41)56(54)38-19-8-3-9-20-38)55(40-28-30-43-42-21-10-12-24-49(42)57-50(43)34-40)47-23-14-26-52-53(47)44-22-11-13-25-51(44)58-52/h1-34H. The molecule has 0 saturated carbocycles. The lowest BCUT2D eigenvalue weighted by Crippen LogP contribution is -2.10. The number of fused-ring (bicyclic) bond motifs is 9. The van der Waals surface area contributed by atoms with Gasteiger partial charge in [-0.1, -0.05) is 127 Å². The Kier molecular flexibility index (Phi) is 7.40. The van der Waals surface area contributed by atoms with Crippen molar-refractivity contribution in [1.82, 2.24) is 4.57 Å². The minimum absolute atomic E-state index is 0.867. The molecule has 12 rings (SSSR count). The molecule has 0 aliphatic rings. The molecule has 0 aliphatic carbocycles. The van der Waals surface area contributed by atoms with Crippen LogP contribution in [0.4, 0.5) is 17.1 Å². The summed E-state index contributed by atoms with van der Waals surface area (Å²) in [5.74, 6) is 0. The van der Waals surface area contributed by atoms with Crippen LogP contribution in [0.3, 0.4) is 0 Å². The van der Waals surface area contributed by atoms with Gasteiger partial charge in [0.25, 0.3) is 0 Å². The van der Waals surface area contributed by atoms with Gasteiger partial charge in [-0.3, -0.25) is 0 Å². The SMILES string of the molecule is c1ccc(-c2cc(-c3ccccc3)c3c(c2)c2ccc(N(c4ccc5c(c4)oc4ccccc45)c4cccc5sc6ccccc6c45)cc2n3-c2ccccc2)cc1. The number of anilines is 3. The molecule has 0 radical (unpaired) electrons. The van der Waals surface area contributed by atoms with Crippen molar-refractivity contribution in [2.24, 2.45) is 0 Å². The van der Waals surface area contributed by atoms with E-state index >= 15 is 0 Å². The molecular formula is C54H34N2OS. The van der Waals surface area contributed by atoms with Crippen molar-refractivity contribution in [3.63, 3.8) is 0 Å². The van der Waals surface area contributed by atoms with Crippen molar-refractivity contribution in [3.8, 4) is 27.9 Å². The Bertz CT molecular complexity index is 3510. The number of aromatic nitrogens is 1. The summed E-state index contributed by atoms with van der Waals surface area (Å²) in [4.78, 5) is 2.42. The average molecular weight is 759 g/mol. The Labute approximate surface area is 338 Å². The largest absolute Gasteiger partial charge is 0.456 e. The van der Waals surface area contributed by atoms with Crippen molar-refractivity contribution in [3.05, 3.63) is 206 Å². The van der Waals surface area contributed by atoms with Crippen molar-refractivity contribution in [2.45, 2.75) is 0 Å². The molecule has 0 N–H and O–H groups in total. The van der Waals surface area contributed by atoms with Crippen LogP contribution in [0.1, 0.15) is 0 Å². The van der Waals surface area contributed by atoms with Gasteiger partial charge in [-0.15, -0.1) is 11.3 Å². The lowest BCUT2D eigenvalue weighted by atomic mass is 9.95. The summed E-state index contributed by atoms with van der Waals surface area (Å²) in [7, 11) is 0. The summed E-state index contributed by atoms with van der Waals surface area (Å²) in [5.41, 5.74) is 13.2. The molecule has 0 atom stereocenters. The summed E-state index contributed by atoms with van der Waals surface area (Å²) < 4.78 is 11.5. The highest BCUT2D eigenvalue weighted by Gasteiger charge is 2.23. The van der Waals surface area contributed by atoms with Crippen LogP contribution in [0.2, 0.25) is 0 Å². The van der Waals surface area contributed by atoms with Gasteiger partial charge in [0.05, 0.1) is 16.7 Å². The second-order valence-electron chi connectivity index (χ2n) is 14.9. The third kappa shape index (κ3) is 5.12. The number of nitrogens with zero attached hydrogens (tertiary/aromatic N) is 2. The molecule has 272 valence electrons. The van der Waals surface area contributed by atoms with Gasteiger partial charge in [-0.05, 0) is 89.5 Å². The van der Waals surface area contributed by atoms with Gasteiger partial charge in [-0.25, -0.2) is 0 Å². The van der Waals surface area contributed by atoms with Crippen LogP contribution < -0.4 is 4.90 Å². The predicted molar refractivity (Wildman–Crippen MR) is 247 cm³/mol. The maximum absolute atomic E-state index is 6.52. The zero-order valence-corrected chi connectivity index (χ0v) is 32.2. The van der Waals surface area contributed by atoms with E-state index in [1.165, 1.54) is 58.7 Å². The molecular weight excluding hydrogens is 725 g/mol. The Balaban J connectivity index is 1.18. The fraction of sp³-hybridized carbons (Fsp3) is 0. The van der Waals surface area contributed by atoms with Gasteiger partial charge >= 0.3 is 0 Å². The number of para-hydroxylation sites is 2. The molecule has 58 heavy (non-hydrogen) atoms. The van der Waals surface area contributed by atoms with E-state index in [4.69, 9.17) is 4.42 Å². The third-order valence-corrected chi connectivity index (χ3v) is 12.7. The fourth-order valence-electron chi connectivity index (χ4n) is 8.98. The lowest BCUT2D eigenvalue weighted by Gasteiger charge is -2.27. The lowest BCUT2D eigenvalue weighted by molar-refractivity contribution is 0.669. The first-order chi connectivity index (χ1) is 28.8. The summed E-state index contributed by atoms with van der Waals surface area (Å²) in [6, 6.07) is 74.5. The Morgan fingerprint density at radius 3 is 1.86 bits per heavy atom. The van der Waals surface area contributed by atoms with Crippen molar-refractivity contribution >= 4 is 92.3 Å². The molecule has 4 heteroatoms. The molecule has 3 heterocycles. The second-order valence-corrected chi connectivity index (χ2v) is 16.0. The summed E-state index contributed by atoms with van der Waals surface area (Å²) in [6.07, 6.45) is 0. The van der Waals surface area contributed by atoms with E-state index in [1.807, 2.05) is 23.5 Å².